The molecule has 1 atom stereocenters. The summed E-state index contributed by atoms with van der Waals surface area (Å²) in [4.78, 5) is 17.8. The fraction of sp³-hybridized carbons (Fsp3) is 0.346. The van der Waals surface area contributed by atoms with Crippen LogP contribution < -0.4 is 4.90 Å². The summed E-state index contributed by atoms with van der Waals surface area (Å²) >= 11 is 0. The number of carbonyl (C=O) groups excluding carboxylic acids is 1. The Kier molecular flexibility index (Phi) is 6.51. The van der Waals surface area contributed by atoms with Gasteiger partial charge in [0, 0.05) is 36.9 Å². The second kappa shape index (κ2) is 9.33. The number of carbonyl (C=O) groups is 1. The summed E-state index contributed by atoms with van der Waals surface area (Å²) in [6, 6.07) is 21.5. The second-order valence-corrected chi connectivity index (χ2v) is 10.6. The van der Waals surface area contributed by atoms with Gasteiger partial charge in [-0.25, -0.2) is 8.42 Å². The minimum Gasteiger partial charge on any atom is -0.372 e. The molecule has 4 rings (SSSR count). The molecule has 6 heteroatoms. The maximum Gasteiger partial charge on any atom is 0.255 e. The van der Waals surface area contributed by atoms with Gasteiger partial charge in [-0.3, -0.25) is 4.79 Å². The fourth-order valence-electron chi connectivity index (χ4n) is 4.55. The maximum atomic E-state index is 13.8. The molecule has 5 nitrogen and oxygen atoms in total. The van der Waals surface area contributed by atoms with Crippen LogP contribution in [0.5, 0.6) is 0 Å². The molecule has 1 heterocycles. The zero-order valence-corrected chi connectivity index (χ0v) is 19.5. The lowest BCUT2D eigenvalue weighted by atomic mass is 10.0. The first-order valence-corrected chi connectivity index (χ1v) is 13.1. The Morgan fingerprint density at radius 1 is 0.938 bits per heavy atom. The molecule has 1 fully saturated rings. The molecule has 0 radical (unpaired) electrons. The van der Waals surface area contributed by atoms with Crippen LogP contribution in [0.15, 0.2) is 66.7 Å². The second-order valence-electron chi connectivity index (χ2n) is 8.36. The number of anilines is 1. The van der Waals surface area contributed by atoms with Crippen LogP contribution in [0, 0.1) is 0 Å². The largest absolute Gasteiger partial charge is 0.372 e. The van der Waals surface area contributed by atoms with E-state index >= 15 is 0 Å². The average molecular weight is 451 g/mol. The van der Waals surface area contributed by atoms with Gasteiger partial charge in [0.1, 0.15) is 0 Å². The SMILES string of the molecule is CCN(CC)c1ccc(CN(C(=O)c2cccc3ccccc23)C2CCS(=O)(=O)C2)cc1. The molecule has 0 aliphatic carbocycles. The summed E-state index contributed by atoms with van der Waals surface area (Å²) in [5.41, 5.74) is 2.76. The van der Waals surface area contributed by atoms with Gasteiger partial charge in [0.15, 0.2) is 9.84 Å². The van der Waals surface area contributed by atoms with E-state index in [9.17, 15) is 13.2 Å². The fourth-order valence-corrected chi connectivity index (χ4v) is 6.28. The summed E-state index contributed by atoms with van der Waals surface area (Å²) < 4.78 is 24.4. The van der Waals surface area contributed by atoms with Crippen LogP contribution in [0.4, 0.5) is 5.69 Å². The molecule has 1 aliphatic rings. The van der Waals surface area contributed by atoms with Gasteiger partial charge in [0.25, 0.3) is 5.91 Å². The number of benzene rings is 3. The van der Waals surface area contributed by atoms with Crippen molar-refractivity contribution >= 4 is 32.2 Å². The number of rotatable bonds is 7. The van der Waals surface area contributed by atoms with Gasteiger partial charge in [-0.05, 0) is 54.8 Å². The van der Waals surface area contributed by atoms with Crippen molar-refractivity contribution < 1.29 is 13.2 Å². The van der Waals surface area contributed by atoms with Gasteiger partial charge in [-0.15, -0.1) is 0 Å². The molecule has 3 aromatic carbocycles. The van der Waals surface area contributed by atoms with E-state index in [4.69, 9.17) is 0 Å². The Hall–Kier alpha value is -2.86. The molecule has 0 aromatic heterocycles. The Morgan fingerprint density at radius 3 is 2.28 bits per heavy atom. The Balaban J connectivity index is 1.67. The molecule has 1 saturated heterocycles. The van der Waals surface area contributed by atoms with Gasteiger partial charge in [-0.1, -0.05) is 48.5 Å². The molecule has 0 spiro atoms. The van der Waals surface area contributed by atoms with Crippen LogP contribution in [-0.2, 0) is 16.4 Å². The monoisotopic (exact) mass is 450 g/mol. The first kappa shape index (κ1) is 22.3. The molecule has 1 aliphatic heterocycles. The normalized spacial score (nSPS) is 17.4. The molecule has 0 N–H and O–H groups in total. The number of sulfone groups is 1. The summed E-state index contributed by atoms with van der Waals surface area (Å²) in [5, 5.41) is 1.89. The zero-order chi connectivity index (χ0) is 22.7. The van der Waals surface area contributed by atoms with E-state index < -0.39 is 9.84 Å². The van der Waals surface area contributed by atoms with Gasteiger partial charge in [0.2, 0.25) is 0 Å². The summed E-state index contributed by atoms with van der Waals surface area (Å²) in [6.45, 7) is 6.51. The number of fused-ring (bicyclic) bond motifs is 1. The van der Waals surface area contributed by atoms with Crippen molar-refractivity contribution in [3.8, 4) is 0 Å². The van der Waals surface area contributed by atoms with Crippen molar-refractivity contribution in [1.29, 1.82) is 0 Å². The molecule has 32 heavy (non-hydrogen) atoms. The molecular weight excluding hydrogens is 420 g/mol. The first-order valence-electron chi connectivity index (χ1n) is 11.2. The quantitative estimate of drug-likeness (QED) is 0.531. The van der Waals surface area contributed by atoms with Crippen LogP contribution in [0.3, 0.4) is 0 Å². The van der Waals surface area contributed by atoms with E-state index in [2.05, 4.69) is 30.9 Å². The highest BCUT2D eigenvalue weighted by Gasteiger charge is 2.35. The highest BCUT2D eigenvalue weighted by Crippen LogP contribution is 2.26. The van der Waals surface area contributed by atoms with Crippen molar-refractivity contribution in [2.24, 2.45) is 0 Å². The Bertz CT molecular complexity index is 1200. The summed E-state index contributed by atoms with van der Waals surface area (Å²) in [7, 11) is -3.12. The van der Waals surface area contributed by atoms with Crippen LogP contribution in [-0.4, -0.2) is 49.9 Å². The average Bonchev–Trinajstić information content (AvgIpc) is 3.17. The van der Waals surface area contributed by atoms with E-state index in [0.717, 1.165) is 35.1 Å². The van der Waals surface area contributed by atoms with Crippen LogP contribution in [0.2, 0.25) is 0 Å². The predicted molar refractivity (Wildman–Crippen MR) is 131 cm³/mol. The summed E-state index contributed by atoms with van der Waals surface area (Å²) in [6.07, 6.45) is 0.483. The van der Waals surface area contributed by atoms with Gasteiger partial charge in [-0.2, -0.15) is 0 Å². The predicted octanol–water partition coefficient (Wildman–Crippen LogP) is 4.52. The van der Waals surface area contributed by atoms with Crippen LogP contribution in [0.1, 0.15) is 36.2 Å². The number of amides is 1. The van der Waals surface area contributed by atoms with Gasteiger partial charge < -0.3 is 9.80 Å². The molecule has 168 valence electrons. The van der Waals surface area contributed by atoms with Crippen molar-refractivity contribution in [1.82, 2.24) is 4.90 Å². The van der Waals surface area contributed by atoms with Crippen molar-refractivity contribution in [3.63, 3.8) is 0 Å². The first-order chi connectivity index (χ1) is 15.4. The minimum atomic E-state index is -3.12. The molecule has 1 amide bonds. The zero-order valence-electron chi connectivity index (χ0n) is 18.7. The molecule has 1 unspecified atom stereocenters. The number of nitrogens with zero attached hydrogens (tertiary/aromatic N) is 2. The number of hydrogen-bond acceptors (Lipinski definition) is 4. The smallest absolute Gasteiger partial charge is 0.255 e. The number of hydrogen-bond donors (Lipinski definition) is 0. The lowest BCUT2D eigenvalue weighted by Gasteiger charge is -2.29. The molecule has 3 aromatic rings. The topological polar surface area (TPSA) is 57.7 Å². The van der Waals surface area contributed by atoms with E-state index in [1.165, 1.54) is 0 Å². The third-order valence-corrected chi connectivity index (χ3v) is 8.10. The highest BCUT2D eigenvalue weighted by molar-refractivity contribution is 7.91. The lowest BCUT2D eigenvalue weighted by Crippen LogP contribution is -2.40. The van der Waals surface area contributed by atoms with E-state index in [0.29, 0.717) is 18.5 Å². The molecular formula is C26H30N2O3S. The lowest BCUT2D eigenvalue weighted by molar-refractivity contribution is 0.0683. The van der Waals surface area contributed by atoms with Gasteiger partial charge >= 0.3 is 0 Å². The van der Waals surface area contributed by atoms with Crippen molar-refractivity contribution in [2.45, 2.75) is 32.9 Å². The van der Waals surface area contributed by atoms with Gasteiger partial charge in [0.05, 0.1) is 11.5 Å². The maximum absolute atomic E-state index is 13.8. The molecule has 0 bridgehead atoms. The third kappa shape index (κ3) is 4.65. The third-order valence-electron chi connectivity index (χ3n) is 6.35. The van der Waals surface area contributed by atoms with Crippen molar-refractivity contribution in [3.05, 3.63) is 77.9 Å². The highest BCUT2D eigenvalue weighted by atomic mass is 32.2. The van der Waals surface area contributed by atoms with E-state index in [-0.39, 0.29) is 23.5 Å². The Morgan fingerprint density at radius 2 is 1.62 bits per heavy atom. The van der Waals surface area contributed by atoms with Crippen molar-refractivity contribution in [2.75, 3.05) is 29.5 Å². The van der Waals surface area contributed by atoms with E-state index in [1.54, 1.807) is 4.90 Å². The minimum absolute atomic E-state index is 0.0288. The molecule has 0 saturated carbocycles. The standard InChI is InChI=1S/C26H30N2O3S/c1-3-27(4-2)22-14-12-20(13-15-22)18-28(23-16-17-32(30,31)19-23)26(29)25-11-7-9-21-8-5-6-10-24(21)25/h5-15,23H,3-4,16-19H2,1-2H3. The van der Waals surface area contributed by atoms with Crippen LogP contribution >= 0.6 is 0 Å². The van der Waals surface area contributed by atoms with E-state index in [1.807, 2.05) is 54.6 Å². The van der Waals surface area contributed by atoms with Crippen LogP contribution in [0.25, 0.3) is 10.8 Å². The Labute approximate surface area is 190 Å². The summed E-state index contributed by atoms with van der Waals surface area (Å²) in [5.74, 6) is 0.0514.